The van der Waals surface area contributed by atoms with Crippen LogP contribution in [-0.2, 0) is 4.79 Å². The lowest BCUT2D eigenvalue weighted by atomic mass is 10.0. The van der Waals surface area contributed by atoms with Crippen LogP contribution in [-0.4, -0.2) is 27.6 Å². The number of thioether (sulfide) groups is 1. The second-order valence-corrected chi connectivity index (χ2v) is 8.15. The van der Waals surface area contributed by atoms with Gasteiger partial charge in [0.05, 0.1) is 11.4 Å². The maximum Gasteiger partial charge on any atom is 0.234 e. The summed E-state index contributed by atoms with van der Waals surface area (Å²) in [7, 11) is 0. The number of hydrogen-bond donors (Lipinski definition) is 1. The number of aryl methyl sites for hydroxylation is 1. The van der Waals surface area contributed by atoms with Gasteiger partial charge in [-0.25, -0.2) is 0 Å². The van der Waals surface area contributed by atoms with Gasteiger partial charge < -0.3 is 5.32 Å². The molecule has 1 N–H and O–H groups in total. The van der Waals surface area contributed by atoms with Crippen LogP contribution in [0.15, 0.2) is 52.9 Å². The maximum absolute atomic E-state index is 12.8. The molecule has 0 saturated heterocycles. The lowest BCUT2D eigenvalue weighted by Crippen LogP contribution is -2.17. The maximum atomic E-state index is 12.8. The highest BCUT2D eigenvalue weighted by atomic mass is 35.5. The van der Waals surface area contributed by atoms with Crippen molar-refractivity contribution in [1.29, 1.82) is 0 Å². The molecule has 5 nitrogen and oxygen atoms in total. The lowest BCUT2D eigenvalue weighted by Gasteiger charge is -2.11. The van der Waals surface area contributed by atoms with Gasteiger partial charge in [-0.15, -0.1) is 10.2 Å². The molecule has 0 bridgehead atoms. The number of carbonyl (C=O) groups excluding carboxylic acids is 2. The lowest BCUT2D eigenvalue weighted by molar-refractivity contribution is -0.113. The molecule has 3 rings (SSSR count). The van der Waals surface area contributed by atoms with Crippen LogP contribution in [0.1, 0.15) is 20.9 Å². The van der Waals surface area contributed by atoms with Crippen molar-refractivity contribution in [3.8, 4) is 0 Å². The molecule has 0 radical (unpaired) electrons. The van der Waals surface area contributed by atoms with E-state index in [2.05, 4.69) is 15.5 Å². The van der Waals surface area contributed by atoms with E-state index in [0.717, 1.165) is 9.35 Å². The number of hydrogen-bond acceptors (Lipinski definition) is 6. The normalized spacial score (nSPS) is 10.5. The summed E-state index contributed by atoms with van der Waals surface area (Å²) in [5.41, 5.74) is 1.32. The Kier molecular flexibility index (Phi) is 6.03. The van der Waals surface area contributed by atoms with Crippen molar-refractivity contribution < 1.29 is 9.59 Å². The van der Waals surface area contributed by atoms with E-state index in [1.165, 1.54) is 23.1 Å². The summed E-state index contributed by atoms with van der Waals surface area (Å²) in [5, 5.41) is 12.0. The summed E-state index contributed by atoms with van der Waals surface area (Å²) < 4.78 is 0.731. The molecule has 0 spiro atoms. The number of amides is 1. The number of nitrogens with zero attached hydrogens (tertiary/aromatic N) is 2. The van der Waals surface area contributed by atoms with E-state index >= 15 is 0 Å². The SMILES string of the molecule is Cc1nnc(SCC(=O)Nc2ccc(Cl)cc2C(=O)c2ccccc2)s1. The first-order valence-electron chi connectivity index (χ1n) is 7.65. The molecule has 1 amide bonds. The highest BCUT2D eigenvalue weighted by Gasteiger charge is 2.16. The van der Waals surface area contributed by atoms with Gasteiger partial charge in [0.1, 0.15) is 5.01 Å². The Morgan fingerprint density at radius 1 is 1.15 bits per heavy atom. The molecule has 0 atom stereocenters. The summed E-state index contributed by atoms with van der Waals surface area (Å²) in [6.45, 7) is 1.86. The monoisotopic (exact) mass is 403 g/mol. The Morgan fingerprint density at radius 3 is 2.62 bits per heavy atom. The Labute approximate surface area is 163 Å². The zero-order valence-electron chi connectivity index (χ0n) is 13.7. The summed E-state index contributed by atoms with van der Waals surface area (Å²) in [5.74, 6) is -0.251. The summed E-state index contributed by atoms with van der Waals surface area (Å²) in [6, 6.07) is 13.7. The molecule has 0 unspecified atom stereocenters. The van der Waals surface area contributed by atoms with E-state index < -0.39 is 0 Å². The van der Waals surface area contributed by atoms with Crippen LogP contribution in [0.5, 0.6) is 0 Å². The van der Waals surface area contributed by atoms with Crippen LogP contribution in [0.2, 0.25) is 5.02 Å². The van der Waals surface area contributed by atoms with Crippen LogP contribution in [0, 0.1) is 6.92 Å². The van der Waals surface area contributed by atoms with Crippen molar-refractivity contribution in [2.45, 2.75) is 11.3 Å². The summed E-state index contributed by atoms with van der Waals surface area (Å²) in [4.78, 5) is 25.0. The minimum absolute atomic E-state index is 0.177. The topological polar surface area (TPSA) is 72.0 Å². The predicted octanol–water partition coefficient (Wildman–Crippen LogP) is 4.46. The quantitative estimate of drug-likeness (QED) is 0.486. The molecular formula is C18H14ClN3O2S2. The third-order valence-corrected chi connectivity index (χ3v) is 5.58. The van der Waals surface area contributed by atoms with Gasteiger partial charge in [0.25, 0.3) is 0 Å². The zero-order chi connectivity index (χ0) is 18.5. The smallest absolute Gasteiger partial charge is 0.234 e. The Balaban J connectivity index is 1.75. The van der Waals surface area contributed by atoms with Crippen molar-refractivity contribution >= 4 is 52.1 Å². The van der Waals surface area contributed by atoms with Crippen molar-refractivity contribution in [1.82, 2.24) is 10.2 Å². The van der Waals surface area contributed by atoms with Gasteiger partial charge in [0.15, 0.2) is 10.1 Å². The minimum atomic E-state index is -0.229. The number of aromatic nitrogens is 2. The van der Waals surface area contributed by atoms with Gasteiger partial charge in [-0.1, -0.05) is 65.0 Å². The highest BCUT2D eigenvalue weighted by Crippen LogP contribution is 2.25. The van der Waals surface area contributed by atoms with E-state index in [1.54, 1.807) is 42.5 Å². The largest absolute Gasteiger partial charge is 0.325 e. The molecule has 2 aromatic carbocycles. The van der Waals surface area contributed by atoms with Crippen LogP contribution in [0.3, 0.4) is 0 Å². The molecule has 0 aliphatic rings. The van der Waals surface area contributed by atoms with Crippen molar-refractivity contribution in [3.63, 3.8) is 0 Å². The molecule has 0 aliphatic heterocycles. The van der Waals surface area contributed by atoms with Gasteiger partial charge >= 0.3 is 0 Å². The second kappa shape index (κ2) is 8.44. The Hall–Kier alpha value is -2.22. The molecule has 0 fully saturated rings. The van der Waals surface area contributed by atoms with E-state index in [1.807, 2.05) is 13.0 Å². The number of anilines is 1. The van der Waals surface area contributed by atoms with E-state index in [9.17, 15) is 9.59 Å². The highest BCUT2D eigenvalue weighted by molar-refractivity contribution is 8.01. The fourth-order valence-electron chi connectivity index (χ4n) is 2.21. The molecule has 8 heteroatoms. The van der Waals surface area contributed by atoms with Crippen molar-refractivity contribution in [3.05, 3.63) is 69.7 Å². The fourth-order valence-corrected chi connectivity index (χ4v) is 4.00. The van der Waals surface area contributed by atoms with Gasteiger partial charge in [-0.2, -0.15) is 0 Å². The number of benzene rings is 2. The van der Waals surface area contributed by atoms with Gasteiger partial charge in [-0.3, -0.25) is 9.59 Å². The molecule has 1 aromatic heterocycles. The van der Waals surface area contributed by atoms with Crippen molar-refractivity contribution in [2.75, 3.05) is 11.1 Å². The number of halogens is 1. The summed E-state index contributed by atoms with van der Waals surface area (Å²) in [6.07, 6.45) is 0. The van der Waals surface area contributed by atoms with Crippen LogP contribution in [0.25, 0.3) is 0 Å². The zero-order valence-corrected chi connectivity index (χ0v) is 16.1. The number of nitrogens with one attached hydrogen (secondary N) is 1. The van der Waals surface area contributed by atoms with Crippen molar-refractivity contribution in [2.24, 2.45) is 0 Å². The van der Waals surface area contributed by atoms with E-state index in [-0.39, 0.29) is 17.4 Å². The first kappa shape index (κ1) is 18.6. The van der Waals surface area contributed by atoms with Gasteiger partial charge in [-0.05, 0) is 25.1 Å². The minimum Gasteiger partial charge on any atom is -0.325 e. The molecule has 26 heavy (non-hydrogen) atoms. The third kappa shape index (κ3) is 4.69. The van der Waals surface area contributed by atoms with Crippen LogP contribution < -0.4 is 5.32 Å². The Bertz CT molecular complexity index is 945. The first-order valence-corrected chi connectivity index (χ1v) is 9.83. The van der Waals surface area contributed by atoms with Crippen LogP contribution >= 0.6 is 34.7 Å². The third-order valence-electron chi connectivity index (χ3n) is 3.37. The Morgan fingerprint density at radius 2 is 1.92 bits per heavy atom. The second-order valence-electron chi connectivity index (χ2n) is 5.31. The molecule has 132 valence electrons. The first-order chi connectivity index (χ1) is 12.5. The fraction of sp³-hybridized carbons (Fsp3) is 0.111. The average Bonchev–Trinajstić information content (AvgIpc) is 3.07. The van der Waals surface area contributed by atoms with Gasteiger partial charge in [0.2, 0.25) is 5.91 Å². The summed E-state index contributed by atoms with van der Waals surface area (Å²) >= 11 is 8.78. The molecule has 3 aromatic rings. The number of carbonyl (C=O) groups is 2. The average molecular weight is 404 g/mol. The molecule has 1 heterocycles. The van der Waals surface area contributed by atoms with Gasteiger partial charge in [0, 0.05) is 16.1 Å². The van der Waals surface area contributed by atoms with Crippen LogP contribution in [0.4, 0.5) is 5.69 Å². The predicted molar refractivity (Wildman–Crippen MR) is 105 cm³/mol. The van der Waals surface area contributed by atoms with E-state index in [0.29, 0.717) is 21.8 Å². The molecular weight excluding hydrogens is 390 g/mol. The van der Waals surface area contributed by atoms with E-state index in [4.69, 9.17) is 11.6 Å². The molecule has 0 saturated carbocycles. The number of ketones is 1. The number of rotatable bonds is 6. The molecule has 0 aliphatic carbocycles. The standard InChI is InChI=1S/C18H14ClN3O2S2/c1-11-21-22-18(26-11)25-10-16(23)20-15-8-7-13(19)9-14(15)17(24)12-5-3-2-4-6-12/h2-9H,10H2,1H3,(H,20,23).